The van der Waals surface area contributed by atoms with Gasteiger partial charge >= 0.3 is 0 Å². The highest BCUT2D eigenvalue weighted by atomic mass is 32.2. The number of hydrogen-bond donors (Lipinski definition) is 1. The molecule has 0 aliphatic carbocycles. The summed E-state index contributed by atoms with van der Waals surface area (Å²) in [6, 6.07) is 22.8. The number of thioether (sulfide) groups is 1. The molecule has 0 fully saturated rings. The van der Waals surface area contributed by atoms with Crippen LogP contribution >= 0.6 is 11.8 Å². The predicted octanol–water partition coefficient (Wildman–Crippen LogP) is 5.53. The van der Waals surface area contributed by atoms with E-state index in [0.29, 0.717) is 28.3 Å². The van der Waals surface area contributed by atoms with Crippen LogP contribution in [0.3, 0.4) is 0 Å². The van der Waals surface area contributed by atoms with Crippen LogP contribution in [0, 0.1) is 0 Å². The van der Waals surface area contributed by atoms with Crippen LogP contribution in [0.1, 0.15) is 10.4 Å². The van der Waals surface area contributed by atoms with Crippen molar-refractivity contribution in [3.05, 3.63) is 84.6 Å². The largest absolute Gasteiger partial charge is 0.497 e. The molecular weight excluding hydrogens is 422 g/mol. The molecule has 0 aliphatic heterocycles. The topological polar surface area (TPSA) is 65.4 Å². The van der Waals surface area contributed by atoms with Gasteiger partial charge in [0.15, 0.2) is 0 Å². The van der Waals surface area contributed by atoms with Crippen LogP contribution < -0.4 is 14.8 Å². The highest BCUT2D eigenvalue weighted by Gasteiger charge is 2.22. The van der Waals surface area contributed by atoms with E-state index in [1.165, 1.54) is 0 Å². The van der Waals surface area contributed by atoms with Gasteiger partial charge < -0.3 is 14.8 Å². The first-order valence-corrected chi connectivity index (χ1v) is 11.2. The number of rotatable bonds is 7. The van der Waals surface area contributed by atoms with E-state index in [1.807, 2.05) is 73.0 Å². The zero-order valence-corrected chi connectivity index (χ0v) is 18.8. The summed E-state index contributed by atoms with van der Waals surface area (Å²) in [5, 5.41) is 7.74. The summed E-state index contributed by atoms with van der Waals surface area (Å²) in [6.07, 6.45) is 3.74. The quantitative estimate of drug-likeness (QED) is 0.379. The van der Waals surface area contributed by atoms with Gasteiger partial charge in [-0.25, -0.2) is 4.68 Å². The van der Waals surface area contributed by atoms with Crippen molar-refractivity contribution in [3.8, 4) is 28.4 Å². The fourth-order valence-corrected chi connectivity index (χ4v) is 3.80. The van der Waals surface area contributed by atoms with Gasteiger partial charge in [-0.3, -0.25) is 4.79 Å². The van der Waals surface area contributed by atoms with E-state index in [4.69, 9.17) is 14.6 Å². The highest BCUT2D eigenvalue weighted by molar-refractivity contribution is 7.98. The number of carbonyl (C=O) groups is 1. The molecule has 3 aromatic carbocycles. The Morgan fingerprint density at radius 1 is 0.969 bits per heavy atom. The Bertz CT molecular complexity index is 1240. The molecule has 0 aliphatic rings. The molecule has 0 radical (unpaired) electrons. The SMILES string of the molecule is COc1ccc(-c2nn(-c3ccccc3)cc2C(=O)Nc2cccc(SC)c2)c(OC)c1. The zero-order chi connectivity index (χ0) is 22.5. The van der Waals surface area contributed by atoms with E-state index in [1.54, 1.807) is 42.9 Å². The standard InChI is InChI=1S/C25H23N3O3S/c1-30-19-12-13-21(23(15-19)31-2)24-22(16-28(27-24)18-9-5-4-6-10-18)25(29)26-17-8-7-11-20(14-17)32-3/h4-16H,1-3H3,(H,26,29). The Morgan fingerprint density at radius 3 is 2.50 bits per heavy atom. The number of methoxy groups -OCH3 is 2. The van der Waals surface area contributed by atoms with Crippen molar-refractivity contribution in [2.75, 3.05) is 25.8 Å². The lowest BCUT2D eigenvalue weighted by Gasteiger charge is -2.11. The van der Waals surface area contributed by atoms with Gasteiger partial charge in [0, 0.05) is 28.4 Å². The molecule has 32 heavy (non-hydrogen) atoms. The van der Waals surface area contributed by atoms with Crippen molar-refractivity contribution in [1.82, 2.24) is 9.78 Å². The Labute approximate surface area is 191 Å². The average Bonchev–Trinajstić information content (AvgIpc) is 3.29. The number of amides is 1. The van der Waals surface area contributed by atoms with Crippen LogP contribution in [0.2, 0.25) is 0 Å². The summed E-state index contributed by atoms with van der Waals surface area (Å²) < 4.78 is 12.6. The number of nitrogens with one attached hydrogen (secondary N) is 1. The van der Waals surface area contributed by atoms with Crippen LogP contribution in [0.5, 0.6) is 11.5 Å². The molecular formula is C25H23N3O3S. The molecule has 7 heteroatoms. The molecule has 0 saturated heterocycles. The smallest absolute Gasteiger partial charge is 0.259 e. The van der Waals surface area contributed by atoms with Crippen molar-refractivity contribution < 1.29 is 14.3 Å². The summed E-state index contributed by atoms with van der Waals surface area (Å²) in [5.74, 6) is 0.979. The van der Waals surface area contributed by atoms with E-state index in [-0.39, 0.29) is 5.91 Å². The molecule has 1 N–H and O–H groups in total. The van der Waals surface area contributed by atoms with Gasteiger partial charge in [-0.05, 0) is 48.7 Å². The monoisotopic (exact) mass is 445 g/mol. The van der Waals surface area contributed by atoms with Gasteiger partial charge in [0.1, 0.15) is 17.2 Å². The summed E-state index contributed by atoms with van der Waals surface area (Å²) in [7, 11) is 3.18. The maximum Gasteiger partial charge on any atom is 0.259 e. The third-order valence-corrected chi connectivity index (χ3v) is 5.70. The molecule has 1 aromatic heterocycles. The van der Waals surface area contributed by atoms with Crippen molar-refractivity contribution in [2.45, 2.75) is 4.90 Å². The second kappa shape index (κ2) is 9.62. The molecule has 1 amide bonds. The summed E-state index contributed by atoms with van der Waals surface area (Å²) in [6.45, 7) is 0. The van der Waals surface area contributed by atoms with Crippen molar-refractivity contribution >= 4 is 23.4 Å². The highest BCUT2D eigenvalue weighted by Crippen LogP contribution is 2.35. The second-order valence-electron chi connectivity index (χ2n) is 6.92. The van der Waals surface area contributed by atoms with E-state index in [0.717, 1.165) is 16.3 Å². The van der Waals surface area contributed by atoms with E-state index < -0.39 is 0 Å². The molecule has 0 unspecified atom stereocenters. The molecule has 0 bridgehead atoms. The molecule has 0 saturated carbocycles. The molecule has 162 valence electrons. The first kappa shape index (κ1) is 21.5. The minimum atomic E-state index is -0.252. The molecule has 1 heterocycles. The normalized spacial score (nSPS) is 10.6. The summed E-state index contributed by atoms with van der Waals surface area (Å²) in [4.78, 5) is 14.4. The number of hydrogen-bond acceptors (Lipinski definition) is 5. The third kappa shape index (κ3) is 4.48. The number of ether oxygens (including phenoxy) is 2. The molecule has 6 nitrogen and oxygen atoms in total. The van der Waals surface area contributed by atoms with Crippen molar-refractivity contribution in [2.24, 2.45) is 0 Å². The lowest BCUT2D eigenvalue weighted by atomic mass is 10.1. The van der Waals surface area contributed by atoms with Crippen LogP contribution in [-0.2, 0) is 0 Å². The summed E-state index contributed by atoms with van der Waals surface area (Å²) >= 11 is 1.62. The van der Waals surface area contributed by atoms with Gasteiger partial charge in [-0.2, -0.15) is 5.10 Å². The van der Waals surface area contributed by atoms with Crippen LogP contribution in [0.25, 0.3) is 16.9 Å². The Hall–Kier alpha value is -3.71. The Morgan fingerprint density at radius 2 is 1.78 bits per heavy atom. The minimum absolute atomic E-state index is 0.252. The van der Waals surface area contributed by atoms with Crippen LogP contribution in [-0.4, -0.2) is 36.2 Å². The average molecular weight is 446 g/mol. The molecule has 0 atom stereocenters. The van der Waals surface area contributed by atoms with E-state index >= 15 is 0 Å². The first-order valence-electron chi connectivity index (χ1n) is 9.96. The number of carbonyl (C=O) groups excluding carboxylic acids is 1. The van der Waals surface area contributed by atoms with Crippen molar-refractivity contribution in [3.63, 3.8) is 0 Å². The first-order chi connectivity index (χ1) is 15.6. The zero-order valence-electron chi connectivity index (χ0n) is 18.0. The Kier molecular flexibility index (Phi) is 6.47. The fraction of sp³-hybridized carbons (Fsp3) is 0.120. The van der Waals surface area contributed by atoms with Gasteiger partial charge in [0.05, 0.1) is 25.5 Å². The van der Waals surface area contributed by atoms with Crippen molar-refractivity contribution in [1.29, 1.82) is 0 Å². The van der Waals surface area contributed by atoms with Gasteiger partial charge in [0.2, 0.25) is 0 Å². The maximum atomic E-state index is 13.3. The molecule has 0 spiro atoms. The number of para-hydroxylation sites is 1. The molecule has 4 aromatic rings. The Balaban J connectivity index is 1.80. The van der Waals surface area contributed by atoms with E-state index in [9.17, 15) is 4.79 Å². The number of aromatic nitrogens is 2. The number of nitrogens with zero attached hydrogens (tertiary/aromatic N) is 2. The number of benzene rings is 3. The van der Waals surface area contributed by atoms with E-state index in [2.05, 4.69) is 5.32 Å². The summed E-state index contributed by atoms with van der Waals surface area (Å²) in [5.41, 5.74) is 3.23. The predicted molar refractivity (Wildman–Crippen MR) is 128 cm³/mol. The lowest BCUT2D eigenvalue weighted by molar-refractivity contribution is 0.102. The second-order valence-corrected chi connectivity index (χ2v) is 7.80. The van der Waals surface area contributed by atoms with Gasteiger partial charge in [-0.15, -0.1) is 11.8 Å². The number of anilines is 1. The lowest BCUT2D eigenvalue weighted by Crippen LogP contribution is -2.12. The maximum absolute atomic E-state index is 13.3. The third-order valence-electron chi connectivity index (χ3n) is 4.97. The minimum Gasteiger partial charge on any atom is -0.497 e. The molecule has 4 rings (SSSR count). The van der Waals surface area contributed by atoms with Crippen LogP contribution in [0.4, 0.5) is 5.69 Å². The van der Waals surface area contributed by atoms with Gasteiger partial charge in [0.25, 0.3) is 5.91 Å². The van der Waals surface area contributed by atoms with Gasteiger partial charge in [-0.1, -0.05) is 24.3 Å². The van der Waals surface area contributed by atoms with Crippen LogP contribution in [0.15, 0.2) is 83.9 Å². The fourth-order valence-electron chi connectivity index (χ4n) is 3.35.